The molecule has 8 nitrogen and oxygen atoms in total. The molecule has 0 fully saturated rings. The predicted octanol–water partition coefficient (Wildman–Crippen LogP) is 2.28. The molecule has 0 saturated carbocycles. The van der Waals surface area contributed by atoms with E-state index in [0.29, 0.717) is 5.75 Å². The minimum atomic E-state index is -0.659. The number of hydrazone groups is 1. The van der Waals surface area contributed by atoms with Crippen LogP contribution in [-0.2, 0) is 11.2 Å². The maximum Gasteiger partial charge on any atom is 0.433 e. The van der Waals surface area contributed by atoms with Gasteiger partial charge in [0, 0.05) is 0 Å². The molecule has 1 aromatic heterocycles. The number of hydrogen-bond donors (Lipinski definition) is 1. The van der Waals surface area contributed by atoms with Crippen LogP contribution in [0, 0.1) is 10.1 Å². The largest absolute Gasteiger partial charge is 0.484 e. The van der Waals surface area contributed by atoms with Crippen LogP contribution in [0.15, 0.2) is 45.9 Å². The molecule has 0 radical (unpaired) electrons. The molecule has 0 atom stereocenters. The first-order valence-electron chi connectivity index (χ1n) is 6.86. The van der Waals surface area contributed by atoms with Gasteiger partial charge < -0.3 is 9.15 Å². The summed E-state index contributed by atoms with van der Waals surface area (Å²) in [5.74, 6) is -0.102. The van der Waals surface area contributed by atoms with Crippen molar-refractivity contribution in [2.24, 2.45) is 5.10 Å². The Bertz CT molecular complexity index is 706. The maximum atomic E-state index is 11.6. The van der Waals surface area contributed by atoms with Crippen LogP contribution in [0.1, 0.15) is 18.2 Å². The molecule has 1 aromatic carbocycles. The summed E-state index contributed by atoms with van der Waals surface area (Å²) in [5.41, 5.74) is 3.42. The van der Waals surface area contributed by atoms with Gasteiger partial charge in [0.2, 0.25) is 0 Å². The highest BCUT2D eigenvalue weighted by Crippen LogP contribution is 2.14. The summed E-state index contributed by atoms with van der Waals surface area (Å²) in [5, 5.41) is 14.1. The van der Waals surface area contributed by atoms with Crippen LogP contribution in [0.2, 0.25) is 0 Å². The average Bonchev–Trinajstić information content (AvgIpc) is 3.02. The second-order valence-corrected chi connectivity index (χ2v) is 4.51. The minimum Gasteiger partial charge on any atom is -0.484 e. The Morgan fingerprint density at radius 1 is 1.35 bits per heavy atom. The van der Waals surface area contributed by atoms with Crippen molar-refractivity contribution in [1.29, 1.82) is 0 Å². The molecule has 2 aromatic rings. The number of nitrogens with zero attached hydrogens (tertiary/aromatic N) is 2. The average molecular weight is 317 g/mol. The van der Waals surface area contributed by atoms with Crippen LogP contribution in [0.4, 0.5) is 5.88 Å². The second kappa shape index (κ2) is 7.74. The molecule has 0 aliphatic rings. The van der Waals surface area contributed by atoms with E-state index in [-0.39, 0.29) is 12.4 Å². The molecule has 0 saturated heterocycles. The van der Waals surface area contributed by atoms with Gasteiger partial charge >= 0.3 is 5.88 Å². The van der Waals surface area contributed by atoms with Crippen molar-refractivity contribution in [3.05, 3.63) is 57.8 Å². The first-order chi connectivity index (χ1) is 11.1. The second-order valence-electron chi connectivity index (χ2n) is 4.51. The fourth-order valence-electron chi connectivity index (χ4n) is 1.68. The van der Waals surface area contributed by atoms with Gasteiger partial charge in [0.05, 0.1) is 12.3 Å². The van der Waals surface area contributed by atoms with E-state index >= 15 is 0 Å². The maximum absolute atomic E-state index is 11.6. The monoisotopic (exact) mass is 317 g/mol. The topological polar surface area (TPSA) is 107 Å². The van der Waals surface area contributed by atoms with Gasteiger partial charge in [-0.2, -0.15) is 5.10 Å². The summed E-state index contributed by atoms with van der Waals surface area (Å²) in [6, 6.07) is 10.0. The summed E-state index contributed by atoms with van der Waals surface area (Å²) in [7, 11) is 0. The van der Waals surface area contributed by atoms with Crippen LogP contribution >= 0.6 is 0 Å². The van der Waals surface area contributed by atoms with Gasteiger partial charge in [-0.1, -0.05) is 19.1 Å². The zero-order valence-electron chi connectivity index (χ0n) is 12.4. The number of carbonyl (C=O) groups excluding carboxylic acids is 1. The van der Waals surface area contributed by atoms with Gasteiger partial charge in [-0.05, 0) is 30.2 Å². The van der Waals surface area contributed by atoms with Crippen molar-refractivity contribution < 1.29 is 18.9 Å². The third kappa shape index (κ3) is 4.95. The first-order valence-corrected chi connectivity index (χ1v) is 6.86. The Balaban J connectivity index is 1.77. The van der Waals surface area contributed by atoms with E-state index < -0.39 is 16.7 Å². The normalized spacial score (nSPS) is 10.7. The molecule has 0 unspecified atom stereocenters. The summed E-state index contributed by atoms with van der Waals surface area (Å²) in [4.78, 5) is 21.3. The van der Waals surface area contributed by atoms with Crippen LogP contribution in [0.3, 0.4) is 0 Å². The molecule has 2 rings (SSSR count). The molecule has 0 bridgehead atoms. The van der Waals surface area contributed by atoms with E-state index in [4.69, 9.17) is 9.15 Å². The number of aryl methyl sites for hydroxylation is 1. The first kappa shape index (κ1) is 16.2. The Morgan fingerprint density at radius 2 is 2.09 bits per heavy atom. The molecule has 0 spiro atoms. The summed E-state index contributed by atoms with van der Waals surface area (Å²) in [6.07, 6.45) is 2.10. The quantitative estimate of drug-likeness (QED) is 0.479. The number of carbonyl (C=O) groups is 1. The number of amides is 1. The van der Waals surface area contributed by atoms with Gasteiger partial charge in [0.15, 0.2) is 12.4 Å². The van der Waals surface area contributed by atoms with Crippen molar-refractivity contribution in [2.75, 3.05) is 6.61 Å². The van der Waals surface area contributed by atoms with E-state index in [2.05, 4.69) is 17.5 Å². The minimum absolute atomic E-state index is 0.160. The van der Waals surface area contributed by atoms with Crippen molar-refractivity contribution >= 4 is 18.0 Å². The van der Waals surface area contributed by atoms with Crippen molar-refractivity contribution in [3.8, 4) is 5.75 Å². The summed E-state index contributed by atoms with van der Waals surface area (Å²) in [6.45, 7) is 1.86. The molecular weight excluding hydrogens is 302 g/mol. The number of ether oxygens (including phenoxy) is 1. The molecule has 1 heterocycles. The van der Waals surface area contributed by atoms with Crippen molar-refractivity contribution in [3.63, 3.8) is 0 Å². The number of furan rings is 1. The van der Waals surface area contributed by atoms with Crippen LogP contribution in [-0.4, -0.2) is 23.7 Å². The third-order valence-electron chi connectivity index (χ3n) is 2.88. The Kier molecular flexibility index (Phi) is 5.45. The highest BCUT2D eigenvalue weighted by molar-refractivity contribution is 5.81. The highest BCUT2D eigenvalue weighted by atomic mass is 16.6. The predicted molar refractivity (Wildman–Crippen MR) is 82.4 cm³/mol. The van der Waals surface area contributed by atoms with Crippen LogP contribution in [0.25, 0.3) is 0 Å². The molecule has 1 amide bonds. The van der Waals surface area contributed by atoms with Crippen molar-refractivity contribution in [2.45, 2.75) is 13.3 Å². The fraction of sp³-hybridized carbons (Fsp3) is 0.200. The number of rotatable bonds is 7. The number of nitrogens with one attached hydrogen (secondary N) is 1. The Labute approximate surface area is 131 Å². The van der Waals surface area contributed by atoms with Crippen molar-refractivity contribution in [1.82, 2.24) is 5.43 Å². The van der Waals surface area contributed by atoms with E-state index in [1.807, 2.05) is 12.1 Å². The SMILES string of the molecule is CCc1ccc(OCC(=O)N/N=C/c2ccc([N+](=O)[O-])o2)cc1. The smallest absolute Gasteiger partial charge is 0.433 e. The van der Waals surface area contributed by atoms with E-state index in [0.717, 1.165) is 6.42 Å². The van der Waals surface area contributed by atoms with Gasteiger partial charge in [-0.25, -0.2) is 5.43 Å². The lowest BCUT2D eigenvalue weighted by Gasteiger charge is -2.05. The van der Waals surface area contributed by atoms with E-state index in [9.17, 15) is 14.9 Å². The molecular formula is C15H15N3O5. The van der Waals surface area contributed by atoms with Gasteiger partial charge in [0.1, 0.15) is 10.7 Å². The molecule has 0 aliphatic heterocycles. The van der Waals surface area contributed by atoms with Gasteiger partial charge in [-0.15, -0.1) is 0 Å². The lowest BCUT2D eigenvalue weighted by Crippen LogP contribution is -2.24. The number of benzene rings is 1. The lowest BCUT2D eigenvalue weighted by atomic mass is 10.2. The number of nitro groups is 1. The van der Waals surface area contributed by atoms with Gasteiger partial charge in [0.25, 0.3) is 5.91 Å². The zero-order chi connectivity index (χ0) is 16.7. The molecule has 0 aliphatic carbocycles. The van der Waals surface area contributed by atoms with Gasteiger partial charge in [-0.3, -0.25) is 14.9 Å². The summed E-state index contributed by atoms with van der Waals surface area (Å²) >= 11 is 0. The fourth-order valence-corrected chi connectivity index (χ4v) is 1.68. The molecule has 23 heavy (non-hydrogen) atoms. The molecule has 8 heteroatoms. The third-order valence-corrected chi connectivity index (χ3v) is 2.88. The number of hydrogen-bond acceptors (Lipinski definition) is 6. The highest BCUT2D eigenvalue weighted by Gasteiger charge is 2.10. The Hall–Kier alpha value is -3.16. The molecule has 120 valence electrons. The standard InChI is InChI=1S/C15H15N3O5/c1-2-11-3-5-12(6-4-11)22-10-14(19)17-16-9-13-7-8-15(23-13)18(20)21/h3-9H,2,10H2,1H3,(H,17,19)/b16-9+. The van der Waals surface area contributed by atoms with Crippen LogP contribution in [0.5, 0.6) is 5.75 Å². The van der Waals surface area contributed by atoms with Crippen LogP contribution < -0.4 is 10.2 Å². The van der Waals surface area contributed by atoms with E-state index in [1.54, 1.807) is 12.1 Å². The lowest BCUT2D eigenvalue weighted by molar-refractivity contribution is -0.402. The molecule has 1 N–H and O–H groups in total. The zero-order valence-corrected chi connectivity index (χ0v) is 12.4. The van der Waals surface area contributed by atoms with E-state index in [1.165, 1.54) is 23.9 Å². The Morgan fingerprint density at radius 3 is 2.70 bits per heavy atom. The summed E-state index contributed by atoms with van der Waals surface area (Å²) < 4.78 is 10.2.